The second kappa shape index (κ2) is 7.22. The van der Waals surface area contributed by atoms with Crippen LogP contribution in [-0.4, -0.2) is 46.5 Å². The van der Waals surface area contributed by atoms with Crippen LogP contribution in [0.2, 0.25) is 5.15 Å². The largest absolute Gasteiger partial charge is 0.417 e. The number of alkyl halides is 3. The number of anilines is 1. The summed E-state index contributed by atoms with van der Waals surface area (Å²) in [5, 5.41) is 0.157. The van der Waals surface area contributed by atoms with Crippen LogP contribution in [0.1, 0.15) is 15.9 Å². The highest BCUT2D eigenvalue weighted by molar-refractivity contribution is 6.29. The van der Waals surface area contributed by atoms with Crippen molar-refractivity contribution < 1.29 is 18.0 Å². The third-order valence-corrected chi connectivity index (χ3v) is 4.54. The van der Waals surface area contributed by atoms with Crippen LogP contribution in [0.3, 0.4) is 0 Å². The monoisotopic (exact) mass is 400 g/mol. The Labute approximate surface area is 157 Å². The Hall–Kier alpha value is -2.55. The van der Waals surface area contributed by atoms with Gasteiger partial charge in [-0.2, -0.15) is 13.2 Å². The summed E-state index contributed by atoms with van der Waals surface area (Å²) in [5.74, 6) is -0.526. The third-order valence-electron chi connectivity index (χ3n) is 4.35. The normalized spacial score (nSPS) is 15.1. The number of carbonyl (C=O) groups excluding carboxylic acids is 1. The average molecular weight is 401 g/mol. The predicted octanol–water partition coefficient (Wildman–Crippen LogP) is 2.41. The van der Waals surface area contributed by atoms with Crippen molar-refractivity contribution in [2.24, 2.45) is 7.05 Å². The number of rotatable bonds is 2. The van der Waals surface area contributed by atoms with Gasteiger partial charge in [-0.1, -0.05) is 23.7 Å². The molecule has 0 unspecified atom stereocenters. The topological polar surface area (TPSA) is 58.4 Å². The van der Waals surface area contributed by atoms with E-state index in [1.165, 1.54) is 33.9 Å². The molecule has 27 heavy (non-hydrogen) atoms. The number of halogens is 4. The molecule has 2 aromatic rings. The number of aromatic nitrogens is 2. The molecule has 1 amide bonds. The number of benzene rings is 1. The standard InChI is InChI=1S/C17H16ClF3N4O2/c1-23-10-13(18)22-14(16(23)27)24-6-8-25(9-7-24)15(26)11-4-2-3-5-12(11)17(19,20)21/h2-5,10H,6-9H2,1H3. The van der Waals surface area contributed by atoms with Gasteiger partial charge >= 0.3 is 6.18 Å². The molecule has 1 aliphatic rings. The Bertz CT molecular complexity index is 921. The van der Waals surface area contributed by atoms with Gasteiger partial charge in [0.1, 0.15) is 5.15 Å². The van der Waals surface area contributed by atoms with Crippen molar-refractivity contribution in [2.45, 2.75) is 6.18 Å². The van der Waals surface area contributed by atoms with Crippen LogP contribution in [0.4, 0.5) is 19.0 Å². The first kappa shape index (κ1) is 19.2. The van der Waals surface area contributed by atoms with Gasteiger partial charge in [0, 0.05) is 39.4 Å². The van der Waals surface area contributed by atoms with Crippen molar-refractivity contribution in [1.29, 1.82) is 0 Å². The van der Waals surface area contributed by atoms with Crippen molar-refractivity contribution >= 4 is 23.3 Å². The smallest absolute Gasteiger partial charge is 0.348 e. The molecule has 1 saturated heterocycles. The third kappa shape index (κ3) is 3.92. The van der Waals surface area contributed by atoms with Gasteiger partial charge < -0.3 is 14.4 Å². The van der Waals surface area contributed by atoms with Gasteiger partial charge in [0.15, 0.2) is 5.82 Å². The first-order valence-electron chi connectivity index (χ1n) is 8.12. The van der Waals surface area contributed by atoms with Gasteiger partial charge in [-0.25, -0.2) is 4.98 Å². The summed E-state index contributed by atoms with van der Waals surface area (Å²) in [4.78, 5) is 31.9. The molecular weight excluding hydrogens is 385 g/mol. The minimum absolute atomic E-state index is 0.157. The highest BCUT2D eigenvalue weighted by Gasteiger charge is 2.36. The van der Waals surface area contributed by atoms with Crippen LogP contribution < -0.4 is 10.5 Å². The van der Waals surface area contributed by atoms with Crippen LogP contribution in [0.5, 0.6) is 0 Å². The highest BCUT2D eigenvalue weighted by Crippen LogP contribution is 2.32. The van der Waals surface area contributed by atoms with Gasteiger partial charge in [0.05, 0.1) is 11.1 Å². The Kier molecular flexibility index (Phi) is 5.14. The van der Waals surface area contributed by atoms with Crippen molar-refractivity contribution in [3.63, 3.8) is 0 Å². The first-order chi connectivity index (χ1) is 12.7. The van der Waals surface area contributed by atoms with Crippen molar-refractivity contribution in [3.05, 3.63) is 57.1 Å². The molecule has 0 spiro atoms. The molecular formula is C17H16ClF3N4O2. The summed E-state index contributed by atoms with van der Waals surface area (Å²) in [5.41, 5.74) is -1.67. The quantitative estimate of drug-likeness (QED) is 0.777. The zero-order chi connectivity index (χ0) is 19.8. The lowest BCUT2D eigenvalue weighted by molar-refractivity contribution is -0.138. The summed E-state index contributed by atoms with van der Waals surface area (Å²) < 4.78 is 40.7. The molecule has 0 N–H and O–H groups in total. The molecule has 6 nitrogen and oxygen atoms in total. The molecule has 1 fully saturated rings. The maximum absolute atomic E-state index is 13.1. The van der Waals surface area contributed by atoms with E-state index in [-0.39, 0.29) is 48.3 Å². The zero-order valence-corrected chi connectivity index (χ0v) is 15.1. The van der Waals surface area contributed by atoms with E-state index in [0.29, 0.717) is 0 Å². The molecule has 0 bridgehead atoms. The van der Waals surface area contributed by atoms with Gasteiger partial charge in [0.25, 0.3) is 11.5 Å². The van der Waals surface area contributed by atoms with Gasteiger partial charge in [-0.3, -0.25) is 9.59 Å². The molecule has 0 saturated carbocycles. The molecule has 0 atom stereocenters. The number of aryl methyl sites for hydroxylation is 1. The molecule has 0 radical (unpaired) electrons. The Morgan fingerprint density at radius 2 is 1.78 bits per heavy atom. The fourth-order valence-corrected chi connectivity index (χ4v) is 3.19. The molecule has 3 rings (SSSR count). The summed E-state index contributed by atoms with van der Waals surface area (Å²) >= 11 is 5.89. The van der Waals surface area contributed by atoms with E-state index in [4.69, 9.17) is 11.6 Å². The van der Waals surface area contributed by atoms with Crippen molar-refractivity contribution in [2.75, 3.05) is 31.1 Å². The number of carbonyl (C=O) groups is 1. The summed E-state index contributed by atoms with van der Waals surface area (Å²) in [6.07, 6.45) is -3.22. The lowest BCUT2D eigenvalue weighted by atomic mass is 10.1. The lowest BCUT2D eigenvalue weighted by Crippen LogP contribution is -2.50. The Morgan fingerprint density at radius 3 is 2.41 bits per heavy atom. The molecule has 1 aliphatic heterocycles. The Balaban J connectivity index is 1.77. The van der Waals surface area contributed by atoms with Crippen LogP contribution in [0, 0.1) is 0 Å². The van der Waals surface area contributed by atoms with E-state index in [0.717, 1.165) is 6.07 Å². The van der Waals surface area contributed by atoms with Crippen LogP contribution in [-0.2, 0) is 13.2 Å². The number of nitrogens with zero attached hydrogens (tertiary/aromatic N) is 4. The number of hydrogen-bond donors (Lipinski definition) is 0. The van der Waals surface area contributed by atoms with E-state index in [1.54, 1.807) is 11.9 Å². The SMILES string of the molecule is Cn1cc(Cl)nc(N2CCN(C(=O)c3ccccc3C(F)(F)F)CC2)c1=O. The number of piperazine rings is 1. The van der Waals surface area contributed by atoms with Crippen LogP contribution in [0.15, 0.2) is 35.3 Å². The second-order valence-corrected chi connectivity index (χ2v) is 6.51. The lowest BCUT2D eigenvalue weighted by Gasteiger charge is -2.35. The number of amides is 1. The number of hydrogen-bond acceptors (Lipinski definition) is 4. The van der Waals surface area contributed by atoms with E-state index in [2.05, 4.69) is 4.98 Å². The van der Waals surface area contributed by atoms with Gasteiger partial charge in [0.2, 0.25) is 0 Å². The maximum Gasteiger partial charge on any atom is 0.417 e. The zero-order valence-electron chi connectivity index (χ0n) is 14.3. The fourth-order valence-electron chi connectivity index (χ4n) is 2.97. The predicted molar refractivity (Wildman–Crippen MR) is 94.0 cm³/mol. The van der Waals surface area contributed by atoms with E-state index >= 15 is 0 Å². The molecule has 0 aliphatic carbocycles. The summed E-state index contributed by atoms with van der Waals surface area (Å²) in [6.45, 7) is 0.871. The molecule has 10 heteroatoms. The Morgan fingerprint density at radius 1 is 1.15 bits per heavy atom. The van der Waals surface area contributed by atoms with E-state index in [9.17, 15) is 22.8 Å². The molecule has 144 valence electrons. The summed E-state index contributed by atoms with van der Waals surface area (Å²) in [6, 6.07) is 4.71. The van der Waals surface area contributed by atoms with E-state index < -0.39 is 17.6 Å². The minimum atomic E-state index is -4.61. The molecule has 1 aromatic heterocycles. The highest BCUT2D eigenvalue weighted by atomic mass is 35.5. The average Bonchev–Trinajstić information content (AvgIpc) is 2.63. The second-order valence-electron chi connectivity index (χ2n) is 6.13. The van der Waals surface area contributed by atoms with E-state index in [1.807, 2.05) is 0 Å². The van der Waals surface area contributed by atoms with Crippen LogP contribution in [0.25, 0.3) is 0 Å². The van der Waals surface area contributed by atoms with Gasteiger partial charge in [-0.05, 0) is 12.1 Å². The molecule has 2 heterocycles. The summed E-state index contributed by atoms with van der Waals surface area (Å²) in [7, 11) is 1.55. The van der Waals surface area contributed by atoms with Gasteiger partial charge in [-0.15, -0.1) is 0 Å². The van der Waals surface area contributed by atoms with Crippen molar-refractivity contribution in [1.82, 2.24) is 14.5 Å². The fraction of sp³-hybridized carbons (Fsp3) is 0.353. The maximum atomic E-state index is 13.1. The minimum Gasteiger partial charge on any atom is -0.348 e. The van der Waals surface area contributed by atoms with Crippen molar-refractivity contribution in [3.8, 4) is 0 Å². The van der Waals surface area contributed by atoms with Crippen LogP contribution >= 0.6 is 11.6 Å². The molecule has 1 aromatic carbocycles. The first-order valence-corrected chi connectivity index (χ1v) is 8.50.